The van der Waals surface area contributed by atoms with Crippen LogP contribution < -0.4 is 5.32 Å². The van der Waals surface area contributed by atoms with Crippen LogP contribution >= 0.6 is 0 Å². The summed E-state index contributed by atoms with van der Waals surface area (Å²) in [6, 6.07) is 9.32. The van der Waals surface area contributed by atoms with Gasteiger partial charge in [-0.3, -0.25) is 0 Å². The van der Waals surface area contributed by atoms with Crippen molar-refractivity contribution in [3.8, 4) is 0 Å². The quantitative estimate of drug-likeness (QED) is 0.821. The van der Waals surface area contributed by atoms with Crippen LogP contribution in [0.25, 0.3) is 5.57 Å². The highest BCUT2D eigenvalue weighted by atomic mass is 14.9. The molecule has 18 heavy (non-hydrogen) atoms. The fraction of sp³-hybridized carbons (Fsp3) is 0.529. The summed E-state index contributed by atoms with van der Waals surface area (Å²) in [5.41, 5.74) is 4.61. The molecule has 1 aliphatic carbocycles. The van der Waals surface area contributed by atoms with Crippen molar-refractivity contribution >= 4 is 5.57 Å². The van der Waals surface area contributed by atoms with Gasteiger partial charge in [-0.05, 0) is 74.2 Å². The Labute approximate surface area is 110 Å². The van der Waals surface area contributed by atoms with Gasteiger partial charge >= 0.3 is 0 Å². The Hall–Kier alpha value is -1.08. The number of piperidine rings is 1. The summed E-state index contributed by atoms with van der Waals surface area (Å²) in [5, 5.41) is 3.45. The Bertz CT molecular complexity index is 427. The molecule has 1 aromatic carbocycles. The average Bonchev–Trinajstić information content (AvgIpc) is 2.49. The van der Waals surface area contributed by atoms with Crippen molar-refractivity contribution in [1.29, 1.82) is 0 Å². The highest BCUT2D eigenvalue weighted by Crippen LogP contribution is 2.31. The van der Waals surface area contributed by atoms with E-state index in [0.717, 1.165) is 5.92 Å². The lowest BCUT2D eigenvalue weighted by molar-refractivity contribution is 0.460. The molecular formula is C17H23N. The van der Waals surface area contributed by atoms with Crippen LogP contribution in [0.15, 0.2) is 30.3 Å². The van der Waals surface area contributed by atoms with Crippen molar-refractivity contribution in [2.75, 3.05) is 13.1 Å². The fourth-order valence-corrected chi connectivity index (χ4v) is 3.25. The molecule has 1 fully saturated rings. The van der Waals surface area contributed by atoms with Crippen LogP contribution in [0.3, 0.4) is 0 Å². The molecule has 0 spiro atoms. The van der Waals surface area contributed by atoms with Gasteiger partial charge in [0.05, 0.1) is 0 Å². The Kier molecular flexibility index (Phi) is 3.80. The number of hydrogen-bond donors (Lipinski definition) is 1. The SMILES string of the molecule is C1=C(c2cccc(C3CCNCC3)c2)CCCC1. The molecule has 0 saturated carbocycles. The molecule has 0 radical (unpaired) electrons. The number of allylic oxidation sites excluding steroid dienone is 2. The minimum absolute atomic E-state index is 0.774. The summed E-state index contributed by atoms with van der Waals surface area (Å²) in [6.07, 6.45) is 10.3. The summed E-state index contributed by atoms with van der Waals surface area (Å²) in [5.74, 6) is 0.774. The van der Waals surface area contributed by atoms with Crippen LogP contribution in [0.4, 0.5) is 0 Å². The van der Waals surface area contributed by atoms with E-state index in [1.807, 2.05) is 0 Å². The van der Waals surface area contributed by atoms with E-state index >= 15 is 0 Å². The van der Waals surface area contributed by atoms with Crippen LogP contribution in [0, 0.1) is 0 Å². The van der Waals surface area contributed by atoms with Crippen LogP contribution in [0.1, 0.15) is 55.6 Å². The topological polar surface area (TPSA) is 12.0 Å². The van der Waals surface area contributed by atoms with Crippen LogP contribution in [0.2, 0.25) is 0 Å². The molecule has 2 aliphatic rings. The van der Waals surface area contributed by atoms with E-state index in [1.54, 1.807) is 11.1 Å². The molecule has 1 saturated heterocycles. The van der Waals surface area contributed by atoms with E-state index in [9.17, 15) is 0 Å². The molecule has 0 bridgehead atoms. The van der Waals surface area contributed by atoms with Crippen LogP contribution in [-0.2, 0) is 0 Å². The predicted octanol–water partition coefficient (Wildman–Crippen LogP) is 4.11. The minimum Gasteiger partial charge on any atom is -0.317 e. The van der Waals surface area contributed by atoms with Gasteiger partial charge in [-0.15, -0.1) is 0 Å². The van der Waals surface area contributed by atoms with E-state index in [1.165, 1.54) is 57.2 Å². The zero-order valence-corrected chi connectivity index (χ0v) is 11.1. The first-order valence-corrected chi connectivity index (χ1v) is 7.43. The predicted molar refractivity (Wildman–Crippen MR) is 77.7 cm³/mol. The molecule has 1 aromatic rings. The van der Waals surface area contributed by atoms with Gasteiger partial charge in [-0.2, -0.15) is 0 Å². The maximum Gasteiger partial charge on any atom is -0.00431 e. The van der Waals surface area contributed by atoms with Gasteiger partial charge in [0.15, 0.2) is 0 Å². The first-order chi connectivity index (χ1) is 8.93. The van der Waals surface area contributed by atoms with Gasteiger partial charge in [0.25, 0.3) is 0 Å². The molecule has 1 N–H and O–H groups in total. The highest BCUT2D eigenvalue weighted by molar-refractivity contribution is 5.66. The summed E-state index contributed by atoms with van der Waals surface area (Å²) >= 11 is 0. The van der Waals surface area contributed by atoms with Gasteiger partial charge in [0.1, 0.15) is 0 Å². The molecule has 1 nitrogen and oxygen atoms in total. The van der Waals surface area contributed by atoms with Crippen molar-refractivity contribution in [2.45, 2.75) is 44.4 Å². The molecule has 0 unspecified atom stereocenters. The normalized spacial score (nSPS) is 21.7. The molecule has 96 valence electrons. The highest BCUT2D eigenvalue weighted by Gasteiger charge is 2.16. The largest absolute Gasteiger partial charge is 0.317 e. The number of rotatable bonds is 2. The third-order valence-corrected chi connectivity index (χ3v) is 4.36. The molecule has 1 heteroatoms. The second-order valence-corrected chi connectivity index (χ2v) is 5.62. The van der Waals surface area contributed by atoms with E-state index in [-0.39, 0.29) is 0 Å². The van der Waals surface area contributed by atoms with Crippen LogP contribution in [-0.4, -0.2) is 13.1 Å². The maximum absolute atomic E-state index is 3.45. The van der Waals surface area contributed by atoms with E-state index in [0.29, 0.717) is 0 Å². The third-order valence-electron chi connectivity index (χ3n) is 4.36. The minimum atomic E-state index is 0.774. The fourth-order valence-electron chi connectivity index (χ4n) is 3.25. The van der Waals surface area contributed by atoms with Gasteiger partial charge in [-0.1, -0.05) is 30.3 Å². The molecule has 1 aliphatic heterocycles. The van der Waals surface area contributed by atoms with Crippen molar-refractivity contribution in [3.63, 3.8) is 0 Å². The number of hydrogen-bond acceptors (Lipinski definition) is 1. The maximum atomic E-state index is 3.45. The molecule has 0 aromatic heterocycles. The van der Waals surface area contributed by atoms with Crippen molar-refractivity contribution in [3.05, 3.63) is 41.5 Å². The molecule has 0 amide bonds. The second-order valence-electron chi connectivity index (χ2n) is 5.62. The Morgan fingerprint density at radius 1 is 1.06 bits per heavy atom. The molecule has 1 heterocycles. The van der Waals surface area contributed by atoms with Gasteiger partial charge < -0.3 is 5.32 Å². The molecule has 0 atom stereocenters. The standard InChI is InChI=1S/C17H23N/c1-2-5-14(6-3-1)16-7-4-8-17(13-16)15-9-11-18-12-10-15/h4-5,7-8,13,15,18H,1-3,6,9-12H2. The lowest BCUT2D eigenvalue weighted by Gasteiger charge is -2.24. The van der Waals surface area contributed by atoms with Gasteiger partial charge in [-0.25, -0.2) is 0 Å². The Balaban J connectivity index is 1.81. The Morgan fingerprint density at radius 2 is 1.94 bits per heavy atom. The summed E-state index contributed by atoms with van der Waals surface area (Å²) in [4.78, 5) is 0. The second kappa shape index (κ2) is 5.71. The van der Waals surface area contributed by atoms with E-state index in [4.69, 9.17) is 0 Å². The lowest BCUT2D eigenvalue weighted by atomic mass is 9.87. The zero-order valence-electron chi connectivity index (χ0n) is 11.1. The van der Waals surface area contributed by atoms with E-state index in [2.05, 4.69) is 35.7 Å². The van der Waals surface area contributed by atoms with Crippen molar-refractivity contribution in [1.82, 2.24) is 5.32 Å². The van der Waals surface area contributed by atoms with Gasteiger partial charge in [0.2, 0.25) is 0 Å². The lowest BCUT2D eigenvalue weighted by Crippen LogP contribution is -2.26. The zero-order chi connectivity index (χ0) is 12.2. The molecule has 3 rings (SSSR count). The first kappa shape index (κ1) is 12.0. The summed E-state index contributed by atoms with van der Waals surface area (Å²) in [7, 11) is 0. The average molecular weight is 241 g/mol. The summed E-state index contributed by atoms with van der Waals surface area (Å²) < 4.78 is 0. The Morgan fingerprint density at radius 3 is 2.72 bits per heavy atom. The van der Waals surface area contributed by atoms with Crippen LogP contribution in [0.5, 0.6) is 0 Å². The third kappa shape index (κ3) is 2.67. The number of benzene rings is 1. The van der Waals surface area contributed by atoms with Crippen molar-refractivity contribution in [2.24, 2.45) is 0 Å². The van der Waals surface area contributed by atoms with Crippen molar-refractivity contribution < 1.29 is 0 Å². The monoisotopic (exact) mass is 241 g/mol. The van der Waals surface area contributed by atoms with E-state index < -0.39 is 0 Å². The molecular weight excluding hydrogens is 218 g/mol. The first-order valence-electron chi connectivity index (χ1n) is 7.43. The van der Waals surface area contributed by atoms with Gasteiger partial charge in [0, 0.05) is 0 Å². The summed E-state index contributed by atoms with van der Waals surface area (Å²) in [6.45, 7) is 2.36. The number of nitrogens with one attached hydrogen (secondary N) is 1. The smallest absolute Gasteiger partial charge is 0.00431 e.